The molecule has 1 unspecified atom stereocenters. The lowest BCUT2D eigenvalue weighted by atomic mass is 9.74. The zero-order chi connectivity index (χ0) is 12.6. The topological polar surface area (TPSA) is 29.5 Å². The first-order valence-corrected chi connectivity index (χ1v) is 7.16. The van der Waals surface area contributed by atoms with Crippen LogP contribution in [0.25, 0.3) is 0 Å². The number of benzene rings is 1. The fourth-order valence-electron chi connectivity index (χ4n) is 3.40. The first-order valence-electron chi connectivity index (χ1n) is 7.16. The third-order valence-corrected chi connectivity index (χ3v) is 4.67. The summed E-state index contributed by atoms with van der Waals surface area (Å²) in [6, 6.07) is 6.21. The van der Waals surface area contributed by atoms with Crippen LogP contribution in [0.2, 0.25) is 0 Å². The summed E-state index contributed by atoms with van der Waals surface area (Å²) < 4.78 is 5.53. The van der Waals surface area contributed by atoms with Gasteiger partial charge in [-0.25, -0.2) is 0 Å². The largest absolute Gasteiger partial charge is 0.493 e. The number of fused-ring (bicyclic) bond motifs is 1. The molecule has 0 amide bonds. The van der Waals surface area contributed by atoms with Crippen LogP contribution >= 0.6 is 0 Å². The third-order valence-electron chi connectivity index (χ3n) is 4.67. The average Bonchev–Trinajstić information content (AvgIpc) is 2.87. The fourth-order valence-corrected chi connectivity index (χ4v) is 3.40. The van der Waals surface area contributed by atoms with Crippen LogP contribution < -0.4 is 4.74 Å². The Morgan fingerprint density at radius 2 is 2.00 bits per heavy atom. The Hall–Kier alpha value is -1.02. The van der Waals surface area contributed by atoms with E-state index in [-0.39, 0.29) is 0 Å². The monoisotopic (exact) mass is 246 g/mol. The van der Waals surface area contributed by atoms with Gasteiger partial charge in [-0.05, 0) is 48.9 Å². The second-order valence-electron chi connectivity index (χ2n) is 5.90. The van der Waals surface area contributed by atoms with Crippen LogP contribution in [-0.2, 0) is 12.0 Å². The minimum Gasteiger partial charge on any atom is -0.493 e. The molecule has 0 radical (unpaired) electrons. The zero-order valence-corrected chi connectivity index (χ0v) is 11.1. The number of ether oxygens (including phenoxy) is 1. The highest BCUT2D eigenvalue weighted by Crippen LogP contribution is 2.40. The molecule has 3 rings (SSSR count). The fraction of sp³-hybridized carbons (Fsp3) is 0.625. The van der Waals surface area contributed by atoms with Gasteiger partial charge in [0.25, 0.3) is 0 Å². The SMILES string of the molecule is CC(O)(c1ccc2c(c1)CCO2)C1CCCCC1. The van der Waals surface area contributed by atoms with Crippen molar-refractivity contribution in [1.82, 2.24) is 0 Å². The lowest BCUT2D eigenvalue weighted by molar-refractivity contribution is -0.0215. The highest BCUT2D eigenvalue weighted by molar-refractivity contribution is 5.41. The molecule has 1 fully saturated rings. The van der Waals surface area contributed by atoms with Gasteiger partial charge >= 0.3 is 0 Å². The standard InChI is InChI=1S/C16H22O2/c1-16(17,13-5-3-2-4-6-13)14-7-8-15-12(11-14)9-10-18-15/h7-8,11,13,17H,2-6,9-10H2,1H3. The summed E-state index contributed by atoms with van der Waals surface area (Å²) in [4.78, 5) is 0. The van der Waals surface area contributed by atoms with Gasteiger partial charge in [0.2, 0.25) is 0 Å². The number of aliphatic hydroxyl groups is 1. The molecule has 98 valence electrons. The number of hydrogen-bond donors (Lipinski definition) is 1. The average molecular weight is 246 g/mol. The molecule has 2 aliphatic rings. The van der Waals surface area contributed by atoms with Crippen molar-refractivity contribution < 1.29 is 9.84 Å². The Balaban J connectivity index is 1.87. The van der Waals surface area contributed by atoms with Crippen molar-refractivity contribution >= 4 is 0 Å². The molecule has 0 aromatic heterocycles. The molecule has 1 saturated carbocycles. The summed E-state index contributed by atoms with van der Waals surface area (Å²) in [5.74, 6) is 1.41. The predicted molar refractivity (Wildman–Crippen MR) is 71.8 cm³/mol. The number of hydrogen-bond acceptors (Lipinski definition) is 2. The van der Waals surface area contributed by atoms with Crippen molar-refractivity contribution in [3.05, 3.63) is 29.3 Å². The van der Waals surface area contributed by atoms with Crippen LogP contribution in [0, 0.1) is 5.92 Å². The number of rotatable bonds is 2. The van der Waals surface area contributed by atoms with Crippen molar-refractivity contribution in [2.75, 3.05) is 6.61 Å². The van der Waals surface area contributed by atoms with Crippen molar-refractivity contribution in [3.63, 3.8) is 0 Å². The maximum atomic E-state index is 10.9. The summed E-state index contributed by atoms with van der Waals surface area (Å²) in [6.45, 7) is 2.77. The summed E-state index contributed by atoms with van der Waals surface area (Å²) in [5.41, 5.74) is 1.64. The summed E-state index contributed by atoms with van der Waals surface area (Å²) >= 11 is 0. The molecule has 1 atom stereocenters. The quantitative estimate of drug-likeness (QED) is 0.866. The molecule has 2 nitrogen and oxygen atoms in total. The molecule has 1 aromatic rings. The lowest BCUT2D eigenvalue weighted by Gasteiger charge is -2.36. The molecular weight excluding hydrogens is 224 g/mol. The van der Waals surface area contributed by atoms with E-state index in [4.69, 9.17) is 4.74 Å². The maximum Gasteiger partial charge on any atom is 0.122 e. The molecule has 2 heteroatoms. The highest BCUT2D eigenvalue weighted by atomic mass is 16.5. The maximum absolute atomic E-state index is 10.9. The van der Waals surface area contributed by atoms with E-state index in [1.807, 2.05) is 19.1 Å². The molecule has 1 aliphatic carbocycles. The Morgan fingerprint density at radius 3 is 2.78 bits per heavy atom. The molecule has 1 heterocycles. The van der Waals surface area contributed by atoms with Crippen molar-refractivity contribution in [1.29, 1.82) is 0 Å². The Bertz CT molecular complexity index is 431. The Labute approximate surface area is 109 Å². The normalized spacial score (nSPS) is 23.2. The molecule has 1 aromatic carbocycles. The van der Waals surface area contributed by atoms with Crippen molar-refractivity contribution in [3.8, 4) is 5.75 Å². The molecule has 0 bridgehead atoms. The van der Waals surface area contributed by atoms with Gasteiger partial charge in [0, 0.05) is 6.42 Å². The van der Waals surface area contributed by atoms with Crippen LogP contribution in [0.5, 0.6) is 5.75 Å². The van der Waals surface area contributed by atoms with E-state index in [9.17, 15) is 5.11 Å². The summed E-state index contributed by atoms with van der Waals surface area (Å²) in [5, 5.41) is 10.9. The van der Waals surface area contributed by atoms with Gasteiger partial charge in [-0.3, -0.25) is 0 Å². The molecule has 1 N–H and O–H groups in total. The Morgan fingerprint density at radius 1 is 1.22 bits per heavy atom. The van der Waals surface area contributed by atoms with E-state index in [1.165, 1.54) is 24.8 Å². The first-order chi connectivity index (χ1) is 8.68. The van der Waals surface area contributed by atoms with Gasteiger partial charge in [-0.15, -0.1) is 0 Å². The molecule has 0 spiro atoms. The molecule has 1 aliphatic heterocycles. The van der Waals surface area contributed by atoms with E-state index >= 15 is 0 Å². The first kappa shape index (κ1) is 12.0. The van der Waals surface area contributed by atoms with Crippen molar-refractivity contribution in [2.45, 2.75) is 51.0 Å². The minimum absolute atomic E-state index is 0.409. The zero-order valence-electron chi connectivity index (χ0n) is 11.1. The molecule has 0 saturated heterocycles. The van der Waals surface area contributed by atoms with Crippen molar-refractivity contribution in [2.24, 2.45) is 5.92 Å². The summed E-state index contributed by atoms with van der Waals surface area (Å²) in [6.07, 6.45) is 7.12. The van der Waals surface area contributed by atoms with Crippen LogP contribution in [-0.4, -0.2) is 11.7 Å². The van der Waals surface area contributed by atoms with E-state index in [0.29, 0.717) is 5.92 Å². The predicted octanol–water partition coefficient (Wildman–Crippen LogP) is 3.41. The smallest absolute Gasteiger partial charge is 0.122 e. The van der Waals surface area contributed by atoms with Gasteiger partial charge in [0.1, 0.15) is 5.75 Å². The third kappa shape index (κ3) is 2.03. The molecule has 18 heavy (non-hydrogen) atoms. The molecular formula is C16H22O2. The van der Waals surface area contributed by atoms with Gasteiger partial charge in [-0.1, -0.05) is 25.3 Å². The van der Waals surface area contributed by atoms with Gasteiger partial charge in [-0.2, -0.15) is 0 Å². The van der Waals surface area contributed by atoms with Gasteiger partial charge in [0.15, 0.2) is 0 Å². The highest BCUT2D eigenvalue weighted by Gasteiger charge is 2.35. The van der Waals surface area contributed by atoms with Crippen LogP contribution in [0.15, 0.2) is 18.2 Å². The van der Waals surface area contributed by atoms with Crippen LogP contribution in [0.1, 0.15) is 50.2 Å². The summed E-state index contributed by atoms with van der Waals surface area (Å²) in [7, 11) is 0. The second kappa shape index (κ2) is 4.58. The van der Waals surface area contributed by atoms with Crippen LogP contribution in [0.4, 0.5) is 0 Å². The van der Waals surface area contributed by atoms with Gasteiger partial charge in [0.05, 0.1) is 12.2 Å². The van der Waals surface area contributed by atoms with E-state index in [1.54, 1.807) is 0 Å². The van der Waals surface area contributed by atoms with E-state index in [2.05, 4.69) is 6.07 Å². The van der Waals surface area contributed by atoms with E-state index in [0.717, 1.165) is 37.2 Å². The lowest BCUT2D eigenvalue weighted by Crippen LogP contribution is -2.33. The Kier molecular flexibility index (Phi) is 3.06. The minimum atomic E-state index is -0.682. The van der Waals surface area contributed by atoms with E-state index < -0.39 is 5.60 Å². The van der Waals surface area contributed by atoms with Gasteiger partial charge < -0.3 is 9.84 Å². The second-order valence-corrected chi connectivity index (χ2v) is 5.90. The van der Waals surface area contributed by atoms with Crippen LogP contribution in [0.3, 0.4) is 0 Å².